The van der Waals surface area contributed by atoms with Gasteiger partial charge in [0.05, 0.1) is 0 Å². The molecule has 3 rings (SSSR count). The van der Waals surface area contributed by atoms with Crippen LogP contribution in [0.25, 0.3) is 5.65 Å². The summed E-state index contributed by atoms with van der Waals surface area (Å²) < 4.78 is 1.49. The molecule has 1 fully saturated rings. The highest BCUT2D eigenvalue weighted by atomic mass is 15.6. The van der Waals surface area contributed by atoms with Crippen LogP contribution in [-0.2, 0) is 0 Å². The lowest BCUT2D eigenvalue weighted by Gasteiger charge is -2.40. The molecule has 1 aliphatic rings. The van der Waals surface area contributed by atoms with Crippen LogP contribution in [-0.4, -0.2) is 50.4 Å². The normalized spacial score (nSPS) is 24.0. The SMILES string of the molecule is CCC1CN(c2ccc3nnnn3n2)C(CC)CN1. The van der Waals surface area contributed by atoms with Crippen molar-refractivity contribution in [1.82, 2.24) is 30.6 Å². The first-order valence-corrected chi connectivity index (χ1v) is 6.87. The van der Waals surface area contributed by atoms with Crippen LogP contribution in [0.5, 0.6) is 0 Å². The zero-order valence-corrected chi connectivity index (χ0v) is 11.3. The van der Waals surface area contributed by atoms with E-state index in [0.29, 0.717) is 17.7 Å². The molecule has 1 saturated heterocycles. The summed E-state index contributed by atoms with van der Waals surface area (Å²) in [5.74, 6) is 0.951. The fourth-order valence-corrected chi connectivity index (χ4v) is 2.58. The maximum Gasteiger partial charge on any atom is 0.200 e. The molecule has 0 aromatic carbocycles. The summed E-state index contributed by atoms with van der Waals surface area (Å²) in [5, 5.41) is 19.5. The third kappa shape index (κ3) is 2.25. The zero-order chi connectivity index (χ0) is 13.2. The topological polar surface area (TPSA) is 71.2 Å². The van der Waals surface area contributed by atoms with Crippen molar-refractivity contribution in [3.8, 4) is 0 Å². The molecule has 1 N–H and O–H groups in total. The van der Waals surface area contributed by atoms with E-state index in [4.69, 9.17) is 0 Å². The Balaban J connectivity index is 1.91. The van der Waals surface area contributed by atoms with Crippen LogP contribution in [0.1, 0.15) is 26.7 Å². The number of tetrazole rings is 1. The molecule has 0 spiro atoms. The van der Waals surface area contributed by atoms with Crippen molar-refractivity contribution in [2.75, 3.05) is 18.0 Å². The van der Waals surface area contributed by atoms with Crippen LogP contribution in [0, 0.1) is 0 Å². The number of nitrogens with zero attached hydrogens (tertiary/aromatic N) is 6. The number of rotatable bonds is 3. The van der Waals surface area contributed by atoms with Crippen molar-refractivity contribution >= 4 is 11.5 Å². The fraction of sp³-hybridized carbons (Fsp3) is 0.667. The first kappa shape index (κ1) is 12.3. The molecule has 2 aromatic heterocycles. The molecule has 0 saturated carbocycles. The minimum absolute atomic E-state index is 0.476. The first-order chi connectivity index (χ1) is 9.31. The number of fused-ring (bicyclic) bond motifs is 1. The smallest absolute Gasteiger partial charge is 0.200 e. The molecule has 2 atom stereocenters. The van der Waals surface area contributed by atoms with Crippen LogP contribution < -0.4 is 10.2 Å². The molecule has 0 amide bonds. The number of nitrogens with one attached hydrogen (secondary N) is 1. The Kier molecular flexibility index (Phi) is 3.29. The van der Waals surface area contributed by atoms with Crippen LogP contribution >= 0.6 is 0 Å². The Morgan fingerprint density at radius 3 is 3.00 bits per heavy atom. The predicted octanol–water partition coefficient (Wildman–Crippen LogP) is 0.486. The number of hydrogen-bond acceptors (Lipinski definition) is 6. The summed E-state index contributed by atoms with van der Waals surface area (Å²) >= 11 is 0. The second-order valence-corrected chi connectivity index (χ2v) is 4.95. The van der Waals surface area contributed by atoms with Gasteiger partial charge < -0.3 is 10.2 Å². The zero-order valence-electron chi connectivity index (χ0n) is 11.3. The van der Waals surface area contributed by atoms with Crippen LogP contribution in [0.4, 0.5) is 5.82 Å². The molecular formula is C12H19N7. The van der Waals surface area contributed by atoms with Crippen molar-refractivity contribution in [2.24, 2.45) is 0 Å². The Hall–Kier alpha value is -1.76. The highest BCUT2D eigenvalue weighted by Gasteiger charge is 2.27. The van der Waals surface area contributed by atoms with Gasteiger partial charge in [-0.15, -0.1) is 14.8 Å². The number of hydrogen-bond donors (Lipinski definition) is 1. The third-order valence-corrected chi connectivity index (χ3v) is 3.81. The summed E-state index contributed by atoms with van der Waals surface area (Å²) in [4.78, 5) is 2.37. The molecule has 102 valence electrons. The second kappa shape index (κ2) is 5.08. The van der Waals surface area contributed by atoms with Gasteiger partial charge in [0.15, 0.2) is 11.5 Å². The van der Waals surface area contributed by atoms with Crippen LogP contribution in [0.2, 0.25) is 0 Å². The molecule has 19 heavy (non-hydrogen) atoms. The largest absolute Gasteiger partial charge is 0.349 e. The van der Waals surface area contributed by atoms with Gasteiger partial charge in [0.2, 0.25) is 0 Å². The van der Waals surface area contributed by atoms with E-state index in [0.717, 1.165) is 31.7 Å². The van der Waals surface area contributed by atoms with E-state index in [1.165, 1.54) is 4.63 Å². The van der Waals surface area contributed by atoms with Gasteiger partial charge in [-0.2, -0.15) is 0 Å². The van der Waals surface area contributed by atoms with Gasteiger partial charge in [-0.05, 0) is 35.4 Å². The molecule has 0 radical (unpaired) electrons. The van der Waals surface area contributed by atoms with E-state index in [1.807, 2.05) is 12.1 Å². The van der Waals surface area contributed by atoms with Gasteiger partial charge in [0.1, 0.15) is 0 Å². The Morgan fingerprint density at radius 1 is 1.32 bits per heavy atom. The van der Waals surface area contributed by atoms with Gasteiger partial charge >= 0.3 is 0 Å². The highest BCUT2D eigenvalue weighted by Crippen LogP contribution is 2.19. The molecule has 3 heterocycles. The van der Waals surface area contributed by atoms with E-state index in [9.17, 15) is 0 Å². The van der Waals surface area contributed by atoms with E-state index in [2.05, 4.69) is 44.7 Å². The molecule has 0 bridgehead atoms. The summed E-state index contributed by atoms with van der Waals surface area (Å²) in [5.41, 5.74) is 0.680. The van der Waals surface area contributed by atoms with E-state index in [1.54, 1.807) is 0 Å². The monoisotopic (exact) mass is 261 g/mol. The van der Waals surface area contributed by atoms with Crippen molar-refractivity contribution in [3.63, 3.8) is 0 Å². The molecule has 7 nitrogen and oxygen atoms in total. The maximum absolute atomic E-state index is 4.50. The number of anilines is 1. The summed E-state index contributed by atoms with van der Waals surface area (Å²) in [7, 11) is 0. The quantitative estimate of drug-likeness (QED) is 0.867. The van der Waals surface area contributed by atoms with E-state index in [-0.39, 0.29) is 0 Å². The molecule has 7 heteroatoms. The van der Waals surface area contributed by atoms with E-state index >= 15 is 0 Å². The van der Waals surface area contributed by atoms with Crippen molar-refractivity contribution in [1.29, 1.82) is 0 Å². The Labute approximate surface area is 112 Å². The standard InChI is InChI=1S/C12H19N7/c1-3-9-8-18(10(4-2)7-13-9)12-6-5-11-14-16-17-19(11)15-12/h5-6,9-10,13H,3-4,7-8H2,1-2H3. The summed E-state index contributed by atoms with van der Waals surface area (Å²) in [6.45, 7) is 6.40. The van der Waals surface area contributed by atoms with Gasteiger partial charge in [0, 0.05) is 25.2 Å². The third-order valence-electron chi connectivity index (χ3n) is 3.81. The number of piperazine rings is 1. The minimum atomic E-state index is 0.476. The molecule has 1 aliphatic heterocycles. The lowest BCUT2D eigenvalue weighted by Crippen LogP contribution is -2.56. The van der Waals surface area contributed by atoms with Crippen molar-refractivity contribution < 1.29 is 0 Å². The second-order valence-electron chi connectivity index (χ2n) is 4.95. The van der Waals surface area contributed by atoms with E-state index < -0.39 is 0 Å². The van der Waals surface area contributed by atoms with Crippen molar-refractivity contribution in [3.05, 3.63) is 12.1 Å². The van der Waals surface area contributed by atoms with Gasteiger partial charge in [-0.1, -0.05) is 13.8 Å². The lowest BCUT2D eigenvalue weighted by atomic mass is 10.1. The maximum atomic E-state index is 4.50. The minimum Gasteiger partial charge on any atom is -0.349 e. The average Bonchev–Trinajstić information content (AvgIpc) is 2.93. The Morgan fingerprint density at radius 2 is 2.21 bits per heavy atom. The van der Waals surface area contributed by atoms with Crippen LogP contribution in [0.3, 0.4) is 0 Å². The highest BCUT2D eigenvalue weighted by molar-refractivity contribution is 5.45. The lowest BCUT2D eigenvalue weighted by molar-refractivity contribution is 0.375. The van der Waals surface area contributed by atoms with Gasteiger partial charge in [-0.3, -0.25) is 0 Å². The average molecular weight is 261 g/mol. The number of aromatic nitrogens is 5. The predicted molar refractivity (Wildman–Crippen MR) is 72.1 cm³/mol. The summed E-state index contributed by atoms with van der Waals surface area (Å²) in [6.07, 6.45) is 2.22. The van der Waals surface area contributed by atoms with Crippen LogP contribution in [0.15, 0.2) is 12.1 Å². The fourth-order valence-electron chi connectivity index (χ4n) is 2.58. The molecule has 0 aliphatic carbocycles. The first-order valence-electron chi connectivity index (χ1n) is 6.87. The summed E-state index contributed by atoms with van der Waals surface area (Å²) in [6, 6.07) is 4.92. The van der Waals surface area contributed by atoms with Crippen molar-refractivity contribution in [2.45, 2.75) is 38.8 Å². The Bertz CT molecular complexity index is 552. The van der Waals surface area contributed by atoms with Gasteiger partial charge in [0.25, 0.3) is 0 Å². The molecule has 2 unspecified atom stereocenters. The van der Waals surface area contributed by atoms with Gasteiger partial charge in [-0.25, -0.2) is 0 Å². The molecule has 2 aromatic rings. The molecular weight excluding hydrogens is 242 g/mol.